The van der Waals surface area contributed by atoms with E-state index < -0.39 is 0 Å². The molecule has 0 saturated carbocycles. The summed E-state index contributed by atoms with van der Waals surface area (Å²) in [6.07, 6.45) is 3.78. The normalized spacial score (nSPS) is 14.7. The van der Waals surface area contributed by atoms with Gasteiger partial charge >= 0.3 is 0 Å². The van der Waals surface area contributed by atoms with Gasteiger partial charge in [-0.3, -0.25) is 9.48 Å². The number of anilines is 2. The maximum atomic E-state index is 14.0. The number of nitrogens with zero attached hydrogens (tertiary/aromatic N) is 5. The van der Waals surface area contributed by atoms with Crippen LogP contribution in [0.3, 0.4) is 0 Å². The Bertz CT molecular complexity index is 1290. The third-order valence-electron chi connectivity index (χ3n) is 5.94. The number of nitrogens with one attached hydrogen (secondary N) is 2. The fourth-order valence-electron chi connectivity index (χ4n) is 4.08. The molecular formula is C23H24FN7O2. The molecule has 1 amide bonds. The Labute approximate surface area is 189 Å². The van der Waals surface area contributed by atoms with Crippen molar-refractivity contribution >= 4 is 28.6 Å². The zero-order chi connectivity index (χ0) is 22.9. The van der Waals surface area contributed by atoms with E-state index in [1.807, 2.05) is 6.07 Å². The number of aryl methyl sites for hydroxylation is 1. The van der Waals surface area contributed by atoms with E-state index in [-0.39, 0.29) is 11.7 Å². The van der Waals surface area contributed by atoms with Crippen LogP contribution in [0.15, 0.2) is 42.6 Å². The number of fused-ring (bicyclic) bond motifs is 1. The molecule has 5 rings (SSSR count). The van der Waals surface area contributed by atoms with Gasteiger partial charge in [0.05, 0.1) is 17.2 Å². The molecule has 3 aromatic heterocycles. The quantitative estimate of drug-likeness (QED) is 0.485. The Morgan fingerprint density at radius 2 is 2.06 bits per heavy atom. The van der Waals surface area contributed by atoms with Crippen LogP contribution in [0.25, 0.3) is 22.6 Å². The number of carbonyl (C=O) groups excluding carboxylic acids is 1. The van der Waals surface area contributed by atoms with E-state index >= 15 is 0 Å². The van der Waals surface area contributed by atoms with Crippen molar-refractivity contribution in [1.29, 1.82) is 0 Å². The molecule has 33 heavy (non-hydrogen) atoms. The number of hydrogen-bond donors (Lipinski definition) is 2. The molecule has 1 aliphatic rings. The smallest absolute Gasteiger partial charge is 0.258 e. The minimum atomic E-state index is -0.374. The molecule has 0 radical (unpaired) electrons. The topological polar surface area (TPSA) is 101 Å². The van der Waals surface area contributed by atoms with Crippen molar-refractivity contribution in [1.82, 2.24) is 24.7 Å². The van der Waals surface area contributed by atoms with Gasteiger partial charge in [-0.2, -0.15) is 5.10 Å². The third kappa shape index (κ3) is 4.17. The molecule has 1 fully saturated rings. The highest BCUT2D eigenvalue weighted by molar-refractivity contribution is 6.03. The van der Waals surface area contributed by atoms with E-state index in [1.54, 1.807) is 49.3 Å². The summed E-state index contributed by atoms with van der Waals surface area (Å²) in [6, 6.07) is 10.0. The van der Waals surface area contributed by atoms with Crippen molar-refractivity contribution in [2.24, 2.45) is 7.05 Å². The second-order valence-corrected chi connectivity index (χ2v) is 8.04. The molecule has 0 spiro atoms. The number of methoxy groups -OCH3 is 1. The van der Waals surface area contributed by atoms with Gasteiger partial charge in [0.2, 0.25) is 0 Å². The van der Waals surface area contributed by atoms with Crippen LogP contribution in [-0.4, -0.2) is 56.9 Å². The van der Waals surface area contributed by atoms with E-state index in [0.29, 0.717) is 40.0 Å². The second kappa shape index (κ2) is 8.62. The Kier molecular flexibility index (Phi) is 5.51. The van der Waals surface area contributed by atoms with Gasteiger partial charge < -0.3 is 19.9 Å². The molecule has 10 heteroatoms. The molecule has 2 N–H and O–H groups in total. The average molecular weight is 449 g/mol. The lowest BCUT2D eigenvalue weighted by atomic mass is 10.1. The minimum absolute atomic E-state index is 0.299. The zero-order valence-electron chi connectivity index (χ0n) is 18.4. The summed E-state index contributed by atoms with van der Waals surface area (Å²) in [7, 11) is 3.48. The minimum Gasteiger partial charge on any atom is -0.381 e. The van der Waals surface area contributed by atoms with Crippen molar-refractivity contribution < 1.29 is 13.9 Å². The fraction of sp³-hybridized carbons (Fsp3) is 0.304. The first kappa shape index (κ1) is 21.1. The number of aromatic nitrogens is 5. The zero-order valence-corrected chi connectivity index (χ0v) is 18.4. The van der Waals surface area contributed by atoms with Crippen LogP contribution < -0.4 is 10.2 Å². The van der Waals surface area contributed by atoms with Crippen molar-refractivity contribution in [2.45, 2.75) is 18.9 Å². The number of carbonyl (C=O) groups is 1. The van der Waals surface area contributed by atoms with Gasteiger partial charge in [-0.15, -0.1) is 0 Å². The number of piperidine rings is 1. The SMILES string of the molecule is COC1CCN(c2ccc(C(=O)Nc3cc(-c4nc5cccc(F)c5[nH]4)n(C)n3)cn2)CC1. The number of halogens is 1. The molecule has 0 atom stereocenters. The van der Waals surface area contributed by atoms with Gasteiger partial charge in [0.15, 0.2) is 11.6 Å². The van der Waals surface area contributed by atoms with Crippen LogP contribution in [0.2, 0.25) is 0 Å². The molecule has 4 heterocycles. The fourth-order valence-corrected chi connectivity index (χ4v) is 4.08. The van der Waals surface area contributed by atoms with Crippen molar-refractivity contribution in [3.05, 3.63) is 54.0 Å². The molecule has 0 aliphatic carbocycles. The summed E-state index contributed by atoms with van der Waals surface area (Å²) in [5.41, 5.74) is 1.91. The van der Waals surface area contributed by atoms with Gasteiger partial charge in [-0.05, 0) is 37.1 Å². The second-order valence-electron chi connectivity index (χ2n) is 8.04. The average Bonchev–Trinajstić information content (AvgIpc) is 3.43. The van der Waals surface area contributed by atoms with Gasteiger partial charge in [0.25, 0.3) is 5.91 Å². The number of H-pyrrole nitrogens is 1. The number of benzene rings is 1. The summed E-state index contributed by atoms with van der Waals surface area (Å²) in [6.45, 7) is 1.75. The highest BCUT2D eigenvalue weighted by Gasteiger charge is 2.20. The van der Waals surface area contributed by atoms with Crippen molar-refractivity contribution in [2.75, 3.05) is 30.4 Å². The van der Waals surface area contributed by atoms with Crippen LogP contribution in [0.5, 0.6) is 0 Å². The number of para-hydroxylation sites is 1. The molecule has 170 valence electrons. The maximum Gasteiger partial charge on any atom is 0.258 e. The predicted molar refractivity (Wildman–Crippen MR) is 123 cm³/mol. The molecule has 9 nitrogen and oxygen atoms in total. The molecule has 1 aromatic carbocycles. The van der Waals surface area contributed by atoms with Crippen molar-refractivity contribution in [3.8, 4) is 11.5 Å². The first-order valence-electron chi connectivity index (χ1n) is 10.8. The number of aromatic amines is 1. The van der Waals surface area contributed by atoms with Crippen molar-refractivity contribution in [3.63, 3.8) is 0 Å². The Balaban J connectivity index is 1.29. The van der Waals surface area contributed by atoms with E-state index in [0.717, 1.165) is 31.7 Å². The summed E-state index contributed by atoms with van der Waals surface area (Å²) in [5, 5.41) is 7.13. The lowest BCUT2D eigenvalue weighted by molar-refractivity contribution is 0.0818. The summed E-state index contributed by atoms with van der Waals surface area (Å²) in [5.74, 6) is 0.991. The first-order chi connectivity index (χ1) is 16.0. The Hall–Kier alpha value is -3.79. The number of pyridine rings is 1. The number of hydrogen-bond acceptors (Lipinski definition) is 6. The Morgan fingerprint density at radius 3 is 2.76 bits per heavy atom. The van der Waals surface area contributed by atoms with Gasteiger partial charge in [-0.25, -0.2) is 14.4 Å². The highest BCUT2D eigenvalue weighted by atomic mass is 19.1. The maximum absolute atomic E-state index is 14.0. The van der Waals surface area contributed by atoms with Gasteiger partial charge in [0, 0.05) is 39.5 Å². The van der Waals surface area contributed by atoms with Crippen LogP contribution in [0, 0.1) is 5.82 Å². The Morgan fingerprint density at radius 1 is 1.24 bits per heavy atom. The first-order valence-corrected chi connectivity index (χ1v) is 10.8. The van der Waals surface area contributed by atoms with Crippen LogP contribution in [-0.2, 0) is 11.8 Å². The molecule has 0 unspecified atom stereocenters. The predicted octanol–water partition coefficient (Wildman–Crippen LogP) is 3.37. The summed E-state index contributed by atoms with van der Waals surface area (Å²) in [4.78, 5) is 26.8. The lowest BCUT2D eigenvalue weighted by Crippen LogP contribution is -2.37. The molecule has 1 aliphatic heterocycles. The monoisotopic (exact) mass is 449 g/mol. The van der Waals surface area contributed by atoms with E-state index in [2.05, 4.69) is 30.3 Å². The highest BCUT2D eigenvalue weighted by Crippen LogP contribution is 2.24. The van der Waals surface area contributed by atoms with Gasteiger partial charge in [0.1, 0.15) is 22.8 Å². The van der Waals surface area contributed by atoms with E-state index in [4.69, 9.17) is 4.74 Å². The standard InChI is InChI=1S/C23H24FN7O2/c1-30-18(22-26-17-5-3-4-16(24)21(17)28-22)12-19(29-30)27-23(32)14-6-7-20(25-13-14)31-10-8-15(33-2)9-11-31/h3-7,12-13,15H,8-11H2,1-2H3,(H,26,28)(H,27,29,32). The lowest BCUT2D eigenvalue weighted by Gasteiger charge is -2.32. The summed E-state index contributed by atoms with van der Waals surface area (Å²) >= 11 is 0. The number of rotatable bonds is 5. The summed E-state index contributed by atoms with van der Waals surface area (Å²) < 4.78 is 21.0. The largest absolute Gasteiger partial charge is 0.381 e. The van der Waals surface area contributed by atoms with Crippen LogP contribution >= 0.6 is 0 Å². The molecule has 0 bridgehead atoms. The number of amides is 1. The molecule has 1 saturated heterocycles. The van der Waals surface area contributed by atoms with E-state index in [1.165, 1.54) is 6.07 Å². The molecular weight excluding hydrogens is 425 g/mol. The number of ether oxygens (including phenoxy) is 1. The molecule has 4 aromatic rings. The number of imidazole rings is 1. The van der Waals surface area contributed by atoms with Gasteiger partial charge in [-0.1, -0.05) is 6.07 Å². The van der Waals surface area contributed by atoms with Crippen LogP contribution in [0.4, 0.5) is 16.0 Å². The third-order valence-corrected chi connectivity index (χ3v) is 5.94. The van der Waals surface area contributed by atoms with Crippen LogP contribution in [0.1, 0.15) is 23.2 Å². The van der Waals surface area contributed by atoms with E-state index in [9.17, 15) is 9.18 Å².